The van der Waals surface area contributed by atoms with E-state index in [4.69, 9.17) is 21.1 Å². The monoisotopic (exact) mass is 379 g/mol. The van der Waals surface area contributed by atoms with E-state index >= 15 is 0 Å². The van der Waals surface area contributed by atoms with E-state index in [1.54, 1.807) is 6.92 Å². The van der Waals surface area contributed by atoms with Crippen molar-refractivity contribution in [3.63, 3.8) is 0 Å². The number of aryl methyl sites for hydroxylation is 1. The smallest absolute Gasteiger partial charge is 0.343 e. The minimum absolute atomic E-state index is 0.166. The molecule has 8 heteroatoms. The molecule has 26 heavy (non-hydrogen) atoms. The summed E-state index contributed by atoms with van der Waals surface area (Å²) in [5, 5.41) is 7.10. The highest BCUT2D eigenvalue weighted by Crippen LogP contribution is 2.22. The van der Waals surface area contributed by atoms with Crippen LogP contribution in [0.2, 0.25) is 5.15 Å². The van der Waals surface area contributed by atoms with Gasteiger partial charge in [-0.25, -0.2) is 9.48 Å². The van der Waals surface area contributed by atoms with Crippen LogP contribution in [-0.4, -0.2) is 48.0 Å². The first-order valence-electron chi connectivity index (χ1n) is 8.18. The standard InChI is InChI=1S/C18H22ClN3O4/c1-12-15(18(24)26-13(2)17(23)20-9-10-25-3)16(19)22(21-12)11-14-7-5-4-6-8-14/h4-8,13H,9-11H2,1-3H3,(H,20,23)/t13-/m0/s1. The lowest BCUT2D eigenvalue weighted by molar-refractivity contribution is -0.129. The fourth-order valence-electron chi connectivity index (χ4n) is 2.34. The van der Waals surface area contributed by atoms with Crippen LogP contribution in [0, 0.1) is 6.92 Å². The number of carbonyl (C=O) groups excluding carboxylic acids is 2. The molecule has 2 rings (SSSR count). The maximum Gasteiger partial charge on any atom is 0.343 e. The molecule has 0 bridgehead atoms. The Kier molecular flexibility index (Phi) is 7.17. The van der Waals surface area contributed by atoms with Gasteiger partial charge in [0.25, 0.3) is 5.91 Å². The molecule has 0 saturated carbocycles. The second kappa shape index (κ2) is 9.35. The third-order valence-electron chi connectivity index (χ3n) is 3.70. The molecule has 0 radical (unpaired) electrons. The number of hydrogen-bond donors (Lipinski definition) is 1. The van der Waals surface area contributed by atoms with E-state index < -0.39 is 18.0 Å². The normalized spacial score (nSPS) is 11.8. The Morgan fingerprint density at radius 3 is 2.65 bits per heavy atom. The molecule has 2 aromatic rings. The lowest BCUT2D eigenvalue weighted by Gasteiger charge is -2.13. The van der Waals surface area contributed by atoms with Crippen LogP contribution in [0.3, 0.4) is 0 Å². The molecule has 1 N–H and O–H groups in total. The zero-order valence-electron chi connectivity index (χ0n) is 15.0. The molecule has 0 spiro atoms. The van der Waals surface area contributed by atoms with Gasteiger partial charge in [-0.15, -0.1) is 0 Å². The molecule has 1 aromatic carbocycles. The van der Waals surface area contributed by atoms with E-state index in [1.807, 2.05) is 30.3 Å². The SMILES string of the molecule is COCCNC(=O)[C@H](C)OC(=O)c1c(C)nn(Cc2ccccc2)c1Cl. The quantitative estimate of drug-likeness (QED) is 0.561. The van der Waals surface area contributed by atoms with Crippen LogP contribution >= 0.6 is 11.6 Å². The van der Waals surface area contributed by atoms with Crippen LogP contribution in [0.4, 0.5) is 0 Å². The summed E-state index contributed by atoms with van der Waals surface area (Å²) in [5.41, 5.74) is 1.62. The summed E-state index contributed by atoms with van der Waals surface area (Å²) in [6.07, 6.45) is -0.952. The lowest BCUT2D eigenvalue weighted by Crippen LogP contribution is -2.37. The van der Waals surface area contributed by atoms with Crippen molar-refractivity contribution in [2.24, 2.45) is 0 Å². The third kappa shape index (κ3) is 5.06. The largest absolute Gasteiger partial charge is 0.449 e. The van der Waals surface area contributed by atoms with E-state index in [-0.39, 0.29) is 10.7 Å². The zero-order chi connectivity index (χ0) is 19.1. The van der Waals surface area contributed by atoms with Gasteiger partial charge in [-0.3, -0.25) is 4.79 Å². The number of nitrogens with one attached hydrogen (secondary N) is 1. The molecule has 7 nitrogen and oxygen atoms in total. The maximum absolute atomic E-state index is 12.4. The van der Waals surface area contributed by atoms with Crippen molar-refractivity contribution in [2.45, 2.75) is 26.5 Å². The molecular weight excluding hydrogens is 358 g/mol. The molecule has 1 amide bonds. The van der Waals surface area contributed by atoms with Crippen molar-refractivity contribution >= 4 is 23.5 Å². The van der Waals surface area contributed by atoms with E-state index in [1.165, 1.54) is 18.7 Å². The number of benzene rings is 1. The number of rotatable bonds is 8. The van der Waals surface area contributed by atoms with Crippen LogP contribution in [0.25, 0.3) is 0 Å². The van der Waals surface area contributed by atoms with Crippen molar-refractivity contribution in [3.8, 4) is 0 Å². The van der Waals surface area contributed by atoms with Gasteiger partial charge in [-0.1, -0.05) is 41.9 Å². The molecule has 1 aromatic heterocycles. The number of methoxy groups -OCH3 is 1. The zero-order valence-corrected chi connectivity index (χ0v) is 15.7. The minimum atomic E-state index is -0.952. The molecule has 1 atom stereocenters. The molecule has 0 aliphatic rings. The Morgan fingerprint density at radius 1 is 1.31 bits per heavy atom. The van der Waals surface area contributed by atoms with Crippen molar-refractivity contribution in [1.82, 2.24) is 15.1 Å². The summed E-state index contributed by atoms with van der Waals surface area (Å²) in [4.78, 5) is 24.3. The maximum atomic E-state index is 12.4. The average molecular weight is 380 g/mol. The highest BCUT2D eigenvalue weighted by atomic mass is 35.5. The summed E-state index contributed by atoms with van der Waals surface area (Å²) >= 11 is 6.32. The Balaban J connectivity index is 2.06. The van der Waals surface area contributed by atoms with Gasteiger partial charge in [0.2, 0.25) is 0 Å². The van der Waals surface area contributed by atoms with E-state index in [9.17, 15) is 9.59 Å². The van der Waals surface area contributed by atoms with Gasteiger partial charge >= 0.3 is 5.97 Å². The van der Waals surface area contributed by atoms with Crippen LogP contribution < -0.4 is 5.32 Å². The van der Waals surface area contributed by atoms with Crippen molar-refractivity contribution < 1.29 is 19.1 Å². The van der Waals surface area contributed by atoms with Crippen molar-refractivity contribution in [1.29, 1.82) is 0 Å². The summed E-state index contributed by atoms with van der Waals surface area (Å²) in [6.45, 7) is 4.32. The number of halogens is 1. The summed E-state index contributed by atoms with van der Waals surface area (Å²) < 4.78 is 11.6. The number of amides is 1. The number of carbonyl (C=O) groups is 2. The van der Waals surface area contributed by atoms with Crippen molar-refractivity contribution in [3.05, 3.63) is 52.3 Å². The molecule has 0 aliphatic carbocycles. The van der Waals surface area contributed by atoms with Gasteiger partial charge in [-0.05, 0) is 19.4 Å². The van der Waals surface area contributed by atoms with Gasteiger partial charge in [0.1, 0.15) is 10.7 Å². The summed E-state index contributed by atoms with van der Waals surface area (Å²) in [6, 6.07) is 9.63. The second-order valence-corrected chi connectivity index (χ2v) is 6.08. The van der Waals surface area contributed by atoms with Gasteiger partial charge in [0.05, 0.1) is 18.8 Å². The first-order chi connectivity index (χ1) is 12.4. The first-order valence-corrected chi connectivity index (χ1v) is 8.56. The molecule has 140 valence electrons. The fraction of sp³-hybridized carbons (Fsp3) is 0.389. The topological polar surface area (TPSA) is 82.4 Å². The highest BCUT2D eigenvalue weighted by molar-refractivity contribution is 6.32. The molecular formula is C18H22ClN3O4. The van der Waals surface area contributed by atoms with Gasteiger partial charge < -0.3 is 14.8 Å². The van der Waals surface area contributed by atoms with E-state index in [0.29, 0.717) is 25.4 Å². The van der Waals surface area contributed by atoms with Crippen LogP contribution in [0.15, 0.2) is 30.3 Å². The fourth-order valence-corrected chi connectivity index (χ4v) is 2.65. The van der Waals surface area contributed by atoms with Gasteiger partial charge in [0.15, 0.2) is 6.10 Å². The number of hydrogen-bond acceptors (Lipinski definition) is 5. The molecule has 0 unspecified atom stereocenters. The van der Waals surface area contributed by atoms with Gasteiger partial charge in [0, 0.05) is 13.7 Å². The lowest BCUT2D eigenvalue weighted by atomic mass is 10.2. The van der Waals surface area contributed by atoms with E-state index in [0.717, 1.165) is 5.56 Å². The highest BCUT2D eigenvalue weighted by Gasteiger charge is 2.25. The minimum Gasteiger partial charge on any atom is -0.449 e. The second-order valence-electron chi connectivity index (χ2n) is 5.73. The average Bonchev–Trinajstić information content (AvgIpc) is 2.89. The van der Waals surface area contributed by atoms with Gasteiger partial charge in [-0.2, -0.15) is 5.10 Å². The number of aromatic nitrogens is 2. The first kappa shape index (κ1) is 19.9. The van der Waals surface area contributed by atoms with E-state index in [2.05, 4.69) is 10.4 Å². The van der Waals surface area contributed by atoms with Crippen molar-refractivity contribution in [2.75, 3.05) is 20.3 Å². The van der Waals surface area contributed by atoms with Crippen LogP contribution in [0.5, 0.6) is 0 Å². The predicted octanol–water partition coefficient (Wildman–Crippen LogP) is 2.20. The summed E-state index contributed by atoms with van der Waals surface area (Å²) in [5.74, 6) is -1.08. The Labute approximate surface area is 157 Å². The molecule has 0 saturated heterocycles. The molecule has 1 heterocycles. The number of ether oxygens (including phenoxy) is 2. The molecule has 0 aliphatic heterocycles. The Hall–Kier alpha value is -2.38. The Bertz CT molecular complexity index is 761. The summed E-state index contributed by atoms with van der Waals surface area (Å²) in [7, 11) is 1.54. The number of esters is 1. The Morgan fingerprint density at radius 2 is 2.00 bits per heavy atom. The number of nitrogens with zero attached hydrogens (tertiary/aromatic N) is 2. The third-order valence-corrected chi connectivity index (χ3v) is 4.09. The van der Waals surface area contributed by atoms with Crippen LogP contribution in [0.1, 0.15) is 28.5 Å². The van der Waals surface area contributed by atoms with Crippen LogP contribution in [-0.2, 0) is 20.8 Å². The molecule has 0 fully saturated rings. The predicted molar refractivity (Wildman–Crippen MR) is 97.3 cm³/mol.